The SMILES string of the molecule is O=C(CCn1ccc2ccccc21)NCCSCc1ccccc1. The number of hydrogen-bond donors (Lipinski definition) is 1. The van der Waals surface area contributed by atoms with Crippen LogP contribution in [0.3, 0.4) is 0 Å². The van der Waals surface area contributed by atoms with Gasteiger partial charge in [-0.3, -0.25) is 4.79 Å². The molecular weight excluding hydrogens is 316 g/mol. The molecule has 3 nitrogen and oxygen atoms in total. The van der Waals surface area contributed by atoms with Crippen LogP contribution >= 0.6 is 11.8 Å². The van der Waals surface area contributed by atoms with E-state index in [0.29, 0.717) is 6.42 Å². The van der Waals surface area contributed by atoms with E-state index < -0.39 is 0 Å². The molecule has 0 saturated heterocycles. The fraction of sp³-hybridized carbons (Fsp3) is 0.250. The lowest BCUT2D eigenvalue weighted by Crippen LogP contribution is -2.26. The number of aromatic nitrogens is 1. The lowest BCUT2D eigenvalue weighted by molar-refractivity contribution is -0.121. The first-order valence-corrected chi connectivity index (χ1v) is 9.40. The van der Waals surface area contributed by atoms with Crippen LogP contribution in [-0.2, 0) is 17.1 Å². The number of nitrogens with one attached hydrogen (secondary N) is 1. The first-order valence-electron chi connectivity index (χ1n) is 8.25. The Morgan fingerprint density at radius 3 is 2.67 bits per heavy atom. The van der Waals surface area contributed by atoms with E-state index in [1.165, 1.54) is 16.5 Å². The number of aryl methyl sites for hydroxylation is 1. The summed E-state index contributed by atoms with van der Waals surface area (Å²) in [5.41, 5.74) is 2.51. The van der Waals surface area contributed by atoms with Gasteiger partial charge >= 0.3 is 0 Å². The Labute approximate surface area is 147 Å². The van der Waals surface area contributed by atoms with E-state index in [9.17, 15) is 4.79 Å². The van der Waals surface area contributed by atoms with Crippen LogP contribution in [0.4, 0.5) is 0 Å². The topological polar surface area (TPSA) is 34.0 Å². The second-order valence-electron chi connectivity index (χ2n) is 5.71. The van der Waals surface area contributed by atoms with Crippen LogP contribution in [0.15, 0.2) is 66.9 Å². The average molecular weight is 338 g/mol. The molecule has 3 rings (SSSR count). The molecule has 0 radical (unpaired) electrons. The van der Waals surface area contributed by atoms with E-state index in [4.69, 9.17) is 0 Å². The Hall–Kier alpha value is -2.20. The molecule has 0 aliphatic heterocycles. The number of para-hydroxylation sites is 1. The van der Waals surface area contributed by atoms with Gasteiger partial charge in [-0.05, 0) is 23.1 Å². The molecule has 1 N–H and O–H groups in total. The Morgan fingerprint density at radius 1 is 1.00 bits per heavy atom. The van der Waals surface area contributed by atoms with Gasteiger partial charge in [0.2, 0.25) is 5.91 Å². The summed E-state index contributed by atoms with van der Waals surface area (Å²) in [4.78, 5) is 12.0. The van der Waals surface area contributed by atoms with Gasteiger partial charge in [-0.15, -0.1) is 0 Å². The van der Waals surface area contributed by atoms with Crippen LogP contribution in [-0.4, -0.2) is 22.8 Å². The summed E-state index contributed by atoms with van der Waals surface area (Å²) in [5, 5.41) is 4.22. The van der Waals surface area contributed by atoms with Crippen molar-refractivity contribution in [2.75, 3.05) is 12.3 Å². The molecule has 0 aliphatic carbocycles. The predicted octanol–water partition coefficient (Wildman–Crippen LogP) is 4.08. The second-order valence-corrected chi connectivity index (χ2v) is 6.81. The summed E-state index contributed by atoms with van der Waals surface area (Å²) in [6.07, 6.45) is 2.57. The maximum absolute atomic E-state index is 12.0. The summed E-state index contributed by atoms with van der Waals surface area (Å²) < 4.78 is 2.14. The van der Waals surface area contributed by atoms with E-state index in [0.717, 1.165) is 24.6 Å². The molecule has 0 saturated carbocycles. The summed E-state index contributed by atoms with van der Waals surface area (Å²) in [7, 11) is 0. The number of carbonyl (C=O) groups excluding carboxylic acids is 1. The van der Waals surface area contributed by atoms with Crippen molar-refractivity contribution in [3.63, 3.8) is 0 Å². The van der Waals surface area contributed by atoms with Gasteiger partial charge in [0.15, 0.2) is 0 Å². The molecule has 0 bridgehead atoms. The van der Waals surface area contributed by atoms with Crippen LogP contribution < -0.4 is 5.32 Å². The van der Waals surface area contributed by atoms with Crippen molar-refractivity contribution in [3.8, 4) is 0 Å². The van der Waals surface area contributed by atoms with Gasteiger partial charge in [-0.25, -0.2) is 0 Å². The van der Waals surface area contributed by atoms with Gasteiger partial charge in [0.25, 0.3) is 0 Å². The molecule has 1 amide bonds. The van der Waals surface area contributed by atoms with Crippen LogP contribution in [0.2, 0.25) is 0 Å². The number of hydrogen-bond acceptors (Lipinski definition) is 2. The van der Waals surface area contributed by atoms with Crippen LogP contribution in [0.1, 0.15) is 12.0 Å². The molecule has 1 aromatic heterocycles. The van der Waals surface area contributed by atoms with Crippen molar-refractivity contribution in [1.29, 1.82) is 0 Å². The van der Waals surface area contributed by atoms with Gasteiger partial charge in [0.05, 0.1) is 0 Å². The maximum Gasteiger partial charge on any atom is 0.221 e. The van der Waals surface area contributed by atoms with Crippen molar-refractivity contribution < 1.29 is 4.79 Å². The Bertz CT molecular complexity index is 782. The van der Waals surface area contributed by atoms with Gasteiger partial charge in [-0.1, -0.05) is 48.5 Å². The average Bonchev–Trinajstić information content (AvgIpc) is 3.04. The number of amides is 1. The van der Waals surface area contributed by atoms with E-state index >= 15 is 0 Å². The monoisotopic (exact) mass is 338 g/mol. The van der Waals surface area contributed by atoms with Gasteiger partial charge in [0, 0.05) is 42.7 Å². The lowest BCUT2D eigenvalue weighted by Gasteiger charge is -2.07. The Kier molecular flexibility index (Phi) is 5.96. The van der Waals surface area contributed by atoms with Gasteiger partial charge in [0.1, 0.15) is 0 Å². The molecular formula is C20H22N2OS. The van der Waals surface area contributed by atoms with Crippen molar-refractivity contribution in [2.24, 2.45) is 0 Å². The minimum Gasteiger partial charge on any atom is -0.355 e. The van der Waals surface area contributed by atoms with Crippen LogP contribution in [0, 0.1) is 0 Å². The highest BCUT2D eigenvalue weighted by Crippen LogP contribution is 2.15. The minimum absolute atomic E-state index is 0.119. The highest BCUT2D eigenvalue weighted by molar-refractivity contribution is 7.98. The molecule has 1 heterocycles. The van der Waals surface area contributed by atoms with E-state index in [1.807, 2.05) is 36.2 Å². The number of thioether (sulfide) groups is 1. The molecule has 2 aromatic carbocycles. The smallest absolute Gasteiger partial charge is 0.221 e. The fourth-order valence-corrected chi connectivity index (χ4v) is 3.49. The molecule has 0 fully saturated rings. The quantitative estimate of drug-likeness (QED) is 0.628. The summed E-state index contributed by atoms with van der Waals surface area (Å²) in [6, 6.07) is 20.7. The maximum atomic E-state index is 12.0. The zero-order chi connectivity index (χ0) is 16.6. The van der Waals surface area contributed by atoms with E-state index in [-0.39, 0.29) is 5.91 Å². The zero-order valence-corrected chi connectivity index (χ0v) is 14.5. The van der Waals surface area contributed by atoms with E-state index in [1.54, 1.807) is 0 Å². The van der Waals surface area contributed by atoms with Crippen LogP contribution in [0.25, 0.3) is 10.9 Å². The highest BCUT2D eigenvalue weighted by Gasteiger charge is 2.04. The number of carbonyl (C=O) groups is 1. The third kappa shape index (κ3) is 4.65. The summed E-state index contributed by atoms with van der Waals surface area (Å²) in [5.74, 6) is 2.05. The Balaban J connectivity index is 1.34. The number of nitrogens with zero attached hydrogens (tertiary/aromatic N) is 1. The van der Waals surface area contributed by atoms with Gasteiger partial charge in [-0.2, -0.15) is 11.8 Å². The van der Waals surface area contributed by atoms with Crippen molar-refractivity contribution >= 4 is 28.6 Å². The third-order valence-electron chi connectivity index (χ3n) is 3.94. The Morgan fingerprint density at radius 2 is 1.79 bits per heavy atom. The second kappa shape index (κ2) is 8.60. The summed E-state index contributed by atoms with van der Waals surface area (Å²) in [6.45, 7) is 1.44. The lowest BCUT2D eigenvalue weighted by atomic mass is 10.2. The molecule has 0 aliphatic rings. The molecule has 0 atom stereocenters. The first kappa shape index (κ1) is 16.7. The highest BCUT2D eigenvalue weighted by atomic mass is 32.2. The third-order valence-corrected chi connectivity index (χ3v) is 4.97. The van der Waals surface area contributed by atoms with Gasteiger partial charge < -0.3 is 9.88 Å². The minimum atomic E-state index is 0.119. The molecule has 0 spiro atoms. The van der Waals surface area contributed by atoms with Crippen LogP contribution in [0.5, 0.6) is 0 Å². The molecule has 0 unspecified atom stereocenters. The number of benzene rings is 2. The molecule has 4 heteroatoms. The normalized spacial score (nSPS) is 10.8. The molecule has 3 aromatic rings. The predicted molar refractivity (Wildman–Crippen MR) is 102 cm³/mol. The fourth-order valence-electron chi connectivity index (χ4n) is 2.67. The van der Waals surface area contributed by atoms with Crippen molar-refractivity contribution in [1.82, 2.24) is 9.88 Å². The zero-order valence-electron chi connectivity index (χ0n) is 13.7. The molecule has 124 valence electrons. The largest absolute Gasteiger partial charge is 0.355 e. The number of fused-ring (bicyclic) bond motifs is 1. The molecule has 24 heavy (non-hydrogen) atoms. The summed E-state index contributed by atoms with van der Waals surface area (Å²) >= 11 is 1.85. The van der Waals surface area contributed by atoms with E-state index in [2.05, 4.69) is 52.3 Å². The standard InChI is InChI=1S/C20H22N2OS/c23-20(21-12-15-24-16-17-6-2-1-3-7-17)11-14-22-13-10-18-8-4-5-9-19(18)22/h1-10,13H,11-12,14-16H2,(H,21,23). The first-order chi connectivity index (χ1) is 11.8. The number of rotatable bonds is 8. The van der Waals surface area contributed by atoms with Crippen molar-refractivity contribution in [2.45, 2.75) is 18.7 Å². The van der Waals surface area contributed by atoms with Crippen molar-refractivity contribution in [3.05, 3.63) is 72.4 Å².